The summed E-state index contributed by atoms with van der Waals surface area (Å²) in [4.78, 5) is 17.3. The Morgan fingerprint density at radius 3 is 2.25 bits per heavy atom. The van der Waals surface area contributed by atoms with Gasteiger partial charge in [-0.05, 0) is 58.2 Å². The highest BCUT2D eigenvalue weighted by molar-refractivity contribution is 5.82. The maximum absolute atomic E-state index is 12.5. The zero-order valence-corrected chi connectivity index (χ0v) is 12.6. The van der Waals surface area contributed by atoms with Gasteiger partial charge in [-0.15, -0.1) is 0 Å². The molecule has 0 aromatic carbocycles. The Morgan fingerprint density at radius 1 is 0.850 bits per heavy atom. The predicted octanol–water partition coefficient (Wildman–Crippen LogP) is 1.61. The Hall–Kier alpha value is -0.610. The van der Waals surface area contributed by atoms with E-state index in [4.69, 9.17) is 0 Å². The van der Waals surface area contributed by atoms with Crippen LogP contribution in [0.3, 0.4) is 0 Å². The zero-order chi connectivity index (χ0) is 13.8. The maximum Gasteiger partial charge on any atom is 0.239 e. The number of carbonyl (C=O) groups excluding carboxylic acids is 1. The second-order valence-corrected chi connectivity index (χ2v) is 6.66. The summed E-state index contributed by atoms with van der Waals surface area (Å²) in [6.07, 6.45) is 9.95. The molecule has 3 heterocycles. The summed E-state index contributed by atoms with van der Waals surface area (Å²) in [7, 11) is 0. The van der Waals surface area contributed by atoms with E-state index in [0.29, 0.717) is 5.91 Å². The second-order valence-electron chi connectivity index (χ2n) is 6.66. The van der Waals surface area contributed by atoms with E-state index in [1.165, 1.54) is 58.0 Å². The lowest BCUT2D eigenvalue weighted by atomic mass is 9.98. The molecule has 3 aliphatic rings. The van der Waals surface area contributed by atoms with E-state index in [2.05, 4.69) is 15.1 Å². The van der Waals surface area contributed by atoms with E-state index >= 15 is 0 Å². The van der Waals surface area contributed by atoms with Crippen LogP contribution in [0.5, 0.6) is 0 Å². The molecule has 0 aliphatic carbocycles. The van der Waals surface area contributed by atoms with Crippen LogP contribution in [0.15, 0.2) is 0 Å². The summed E-state index contributed by atoms with van der Waals surface area (Å²) in [6, 6.07) is 0.842. The van der Waals surface area contributed by atoms with Gasteiger partial charge in [-0.25, -0.2) is 0 Å². The van der Waals surface area contributed by atoms with Gasteiger partial charge in [-0.3, -0.25) is 4.79 Å². The molecule has 4 nitrogen and oxygen atoms in total. The van der Waals surface area contributed by atoms with Crippen LogP contribution < -0.4 is 5.32 Å². The van der Waals surface area contributed by atoms with Gasteiger partial charge in [0.25, 0.3) is 0 Å². The third-order valence-corrected chi connectivity index (χ3v) is 5.29. The Kier molecular flexibility index (Phi) is 4.94. The van der Waals surface area contributed by atoms with Crippen molar-refractivity contribution in [1.29, 1.82) is 0 Å². The minimum atomic E-state index is 0.107. The van der Waals surface area contributed by atoms with Crippen molar-refractivity contribution in [3.8, 4) is 0 Å². The quantitative estimate of drug-likeness (QED) is 0.834. The van der Waals surface area contributed by atoms with Crippen molar-refractivity contribution in [2.24, 2.45) is 0 Å². The fourth-order valence-corrected chi connectivity index (χ4v) is 4.02. The average Bonchev–Trinajstić information content (AvgIpc) is 2.56. The molecule has 0 aromatic heterocycles. The molecule has 4 heteroatoms. The van der Waals surface area contributed by atoms with Crippen LogP contribution >= 0.6 is 0 Å². The lowest BCUT2D eigenvalue weighted by Gasteiger charge is -2.41. The molecule has 1 atom stereocenters. The minimum absolute atomic E-state index is 0.107. The number of amides is 1. The van der Waals surface area contributed by atoms with E-state index in [-0.39, 0.29) is 6.04 Å². The Balaban J connectivity index is 1.46. The topological polar surface area (TPSA) is 35.6 Å². The first-order chi connectivity index (χ1) is 9.84. The van der Waals surface area contributed by atoms with Crippen LogP contribution in [0.2, 0.25) is 0 Å². The number of rotatable bonds is 2. The lowest BCUT2D eigenvalue weighted by molar-refractivity contribution is -0.135. The number of hydrogen-bond donors (Lipinski definition) is 1. The number of carbonyl (C=O) groups is 1. The van der Waals surface area contributed by atoms with Gasteiger partial charge in [-0.1, -0.05) is 12.8 Å². The molecule has 3 fully saturated rings. The number of likely N-dealkylation sites (tertiary alicyclic amines) is 2. The smallest absolute Gasteiger partial charge is 0.239 e. The van der Waals surface area contributed by atoms with E-state index in [1.54, 1.807) is 0 Å². The van der Waals surface area contributed by atoms with Crippen molar-refractivity contribution in [2.75, 3.05) is 32.7 Å². The summed E-state index contributed by atoms with van der Waals surface area (Å²) >= 11 is 0. The van der Waals surface area contributed by atoms with Crippen LogP contribution in [-0.2, 0) is 4.79 Å². The van der Waals surface area contributed by atoms with Gasteiger partial charge in [0.15, 0.2) is 0 Å². The summed E-state index contributed by atoms with van der Waals surface area (Å²) in [5, 5.41) is 3.39. The highest BCUT2D eigenvalue weighted by Gasteiger charge is 2.31. The molecule has 114 valence electrons. The summed E-state index contributed by atoms with van der Waals surface area (Å²) < 4.78 is 0. The normalized spacial score (nSPS) is 30.4. The molecule has 0 saturated carbocycles. The molecule has 0 unspecified atom stereocenters. The third-order valence-electron chi connectivity index (χ3n) is 5.29. The Morgan fingerprint density at radius 2 is 1.60 bits per heavy atom. The molecule has 0 radical (unpaired) electrons. The van der Waals surface area contributed by atoms with Gasteiger partial charge in [0, 0.05) is 19.1 Å². The first-order valence-corrected chi connectivity index (χ1v) is 8.61. The SMILES string of the molecule is O=C([C@H]1CCCCN1)N1CCC(N2CCCCC2)CC1. The monoisotopic (exact) mass is 279 g/mol. The molecule has 1 amide bonds. The van der Waals surface area contributed by atoms with Crippen LogP contribution in [0, 0.1) is 0 Å². The number of piperidine rings is 3. The van der Waals surface area contributed by atoms with Crippen molar-refractivity contribution >= 4 is 5.91 Å². The Labute approximate surface area is 122 Å². The first kappa shape index (κ1) is 14.3. The maximum atomic E-state index is 12.5. The Bertz CT molecular complexity index is 314. The molecule has 3 rings (SSSR count). The fraction of sp³-hybridized carbons (Fsp3) is 0.938. The van der Waals surface area contributed by atoms with Gasteiger partial charge >= 0.3 is 0 Å². The van der Waals surface area contributed by atoms with Gasteiger partial charge in [0.05, 0.1) is 6.04 Å². The average molecular weight is 279 g/mol. The van der Waals surface area contributed by atoms with Crippen LogP contribution in [-0.4, -0.2) is 60.5 Å². The first-order valence-electron chi connectivity index (χ1n) is 8.61. The highest BCUT2D eigenvalue weighted by atomic mass is 16.2. The summed E-state index contributed by atoms with van der Waals surface area (Å²) in [5.74, 6) is 0.363. The standard InChI is InChI=1S/C16H29N3O/c20-16(15-6-2-3-9-17-15)19-12-7-14(8-13-19)18-10-4-1-5-11-18/h14-15,17H,1-13H2/t15-/m1/s1. The number of nitrogens with zero attached hydrogens (tertiary/aromatic N) is 2. The minimum Gasteiger partial charge on any atom is -0.341 e. The van der Waals surface area contributed by atoms with Crippen LogP contribution in [0.4, 0.5) is 0 Å². The van der Waals surface area contributed by atoms with E-state index < -0.39 is 0 Å². The molecule has 20 heavy (non-hydrogen) atoms. The molecular weight excluding hydrogens is 250 g/mol. The van der Waals surface area contributed by atoms with Crippen molar-refractivity contribution in [3.63, 3.8) is 0 Å². The van der Waals surface area contributed by atoms with Crippen molar-refractivity contribution in [1.82, 2.24) is 15.1 Å². The van der Waals surface area contributed by atoms with E-state index in [9.17, 15) is 4.79 Å². The molecule has 0 aromatic rings. The lowest BCUT2D eigenvalue weighted by Crippen LogP contribution is -2.53. The predicted molar refractivity (Wildman–Crippen MR) is 80.7 cm³/mol. The number of hydrogen-bond acceptors (Lipinski definition) is 3. The van der Waals surface area contributed by atoms with Gasteiger partial charge in [0.2, 0.25) is 5.91 Å². The molecular formula is C16H29N3O. The highest BCUT2D eigenvalue weighted by Crippen LogP contribution is 2.22. The molecule has 3 saturated heterocycles. The van der Waals surface area contributed by atoms with Crippen molar-refractivity contribution in [2.45, 2.75) is 63.5 Å². The van der Waals surface area contributed by atoms with Gasteiger partial charge in [-0.2, -0.15) is 0 Å². The largest absolute Gasteiger partial charge is 0.341 e. The van der Waals surface area contributed by atoms with Gasteiger partial charge in [0.1, 0.15) is 0 Å². The van der Waals surface area contributed by atoms with Gasteiger partial charge < -0.3 is 15.1 Å². The molecule has 3 aliphatic heterocycles. The summed E-state index contributed by atoms with van der Waals surface area (Å²) in [6.45, 7) is 5.52. The van der Waals surface area contributed by atoms with Crippen molar-refractivity contribution in [3.05, 3.63) is 0 Å². The molecule has 0 bridgehead atoms. The van der Waals surface area contributed by atoms with Crippen LogP contribution in [0.25, 0.3) is 0 Å². The number of nitrogens with one attached hydrogen (secondary N) is 1. The molecule has 1 N–H and O–H groups in total. The van der Waals surface area contributed by atoms with E-state index in [0.717, 1.165) is 32.1 Å². The van der Waals surface area contributed by atoms with E-state index in [1.807, 2.05) is 0 Å². The zero-order valence-electron chi connectivity index (χ0n) is 12.6. The second kappa shape index (κ2) is 6.90. The molecule has 0 spiro atoms. The van der Waals surface area contributed by atoms with Crippen molar-refractivity contribution < 1.29 is 4.79 Å². The fourth-order valence-electron chi connectivity index (χ4n) is 4.02. The summed E-state index contributed by atoms with van der Waals surface area (Å²) in [5.41, 5.74) is 0. The van der Waals surface area contributed by atoms with Crippen LogP contribution in [0.1, 0.15) is 51.4 Å². The third kappa shape index (κ3) is 3.34.